The van der Waals surface area contributed by atoms with Crippen LogP contribution >= 0.6 is 0 Å². The van der Waals surface area contributed by atoms with Gasteiger partial charge in [-0.2, -0.15) is 5.10 Å². The van der Waals surface area contributed by atoms with Gasteiger partial charge in [0.05, 0.1) is 17.4 Å². The monoisotopic (exact) mass is 451 g/mol. The molecule has 2 heterocycles. The van der Waals surface area contributed by atoms with Crippen molar-refractivity contribution in [3.05, 3.63) is 96.7 Å². The minimum atomic E-state index is -0.239. The lowest BCUT2D eigenvalue weighted by atomic mass is 10.1. The molecule has 0 aliphatic carbocycles. The molecule has 2 N–H and O–H groups in total. The van der Waals surface area contributed by atoms with E-state index in [-0.39, 0.29) is 5.91 Å². The molecule has 7 nitrogen and oxygen atoms in total. The molecule has 0 spiro atoms. The van der Waals surface area contributed by atoms with Crippen molar-refractivity contribution in [2.45, 2.75) is 12.8 Å². The summed E-state index contributed by atoms with van der Waals surface area (Å²) in [4.78, 5) is 15.3. The molecule has 1 aliphatic rings. The molecule has 1 fully saturated rings. The molecule has 0 atom stereocenters. The van der Waals surface area contributed by atoms with E-state index in [1.807, 2.05) is 72.8 Å². The largest absolute Gasteiger partial charge is 0.457 e. The Morgan fingerprint density at radius 1 is 0.853 bits per heavy atom. The predicted molar refractivity (Wildman–Crippen MR) is 134 cm³/mol. The first-order chi connectivity index (χ1) is 16.7. The molecule has 1 saturated heterocycles. The van der Waals surface area contributed by atoms with Gasteiger partial charge in [0.2, 0.25) is 0 Å². The molecule has 0 bridgehead atoms. The van der Waals surface area contributed by atoms with E-state index in [9.17, 15) is 4.79 Å². The zero-order chi connectivity index (χ0) is 23.2. The Bertz CT molecular complexity index is 1260. The van der Waals surface area contributed by atoms with Gasteiger partial charge in [0.25, 0.3) is 5.91 Å². The zero-order valence-corrected chi connectivity index (χ0v) is 18.6. The number of hydrogen-bond acceptors (Lipinski definition) is 6. The number of nitrogens with zero attached hydrogens (tertiary/aromatic N) is 3. The summed E-state index contributed by atoms with van der Waals surface area (Å²) in [5.41, 5.74) is 3.08. The van der Waals surface area contributed by atoms with Crippen LogP contribution in [0.15, 0.2) is 91.1 Å². The van der Waals surface area contributed by atoms with Crippen molar-refractivity contribution in [2.24, 2.45) is 0 Å². The fourth-order valence-corrected chi connectivity index (χ4v) is 3.91. The second-order valence-electron chi connectivity index (χ2n) is 8.06. The lowest BCUT2D eigenvalue weighted by molar-refractivity contribution is 0.102. The molecule has 0 saturated carbocycles. The van der Waals surface area contributed by atoms with Crippen molar-refractivity contribution in [1.29, 1.82) is 0 Å². The number of carbonyl (C=O) groups is 1. The molecule has 0 unspecified atom stereocenters. The average molecular weight is 452 g/mol. The first kappa shape index (κ1) is 21.5. The van der Waals surface area contributed by atoms with E-state index in [4.69, 9.17) is 4.74 Å². The topological polar surface area (TPSA) is 79.4 Å². The third-order valence-corrected chi connectivity index (χ3v) is 5.63. The van der Waals surface area contributed by atoms with Gasteiger partial charge in [-0.15, -0.1) is 5.10 Å². The fourth-order valence-electron chi connectivity index (χ4n) is 3.91. The lowest BCUT2D eigenvalue weighted by Gasteiger charge is -2.17. The fraction of sp³-hybridized carbons (Fsp3) is 0.148. The van der Waals surface area contributed by atoms with Gasteiger partial charge in [-0.05, 0) is 61.4 Å². The molecule has 1 amide bonds. The third kappa shape index (κ3) is 5.15. The maximum absolute atomic E-state index is 12.9. The summed E-state index contributed by atoms with van der Waals surface area (Å²) in [6.07, 6.45) is 4.22. The van der Waals surface area contributed by atoms with Gasteiger partial charge in [0, 0.05) is 30.5 Å². The van der Waals surface area contributed by atoms with Crippen molar-refractivity contribution in [1.82, 2.24) is 10.2 Å². The number of anilines is 4. The Hall–Kier alpha value is -4.39. The van der Waals surface area contributed by atoms with Crippen LogP contribution in [0.5, 0.6) is 11.5 Å². The summed E-state index contributed by atoms with van der Waals surface area (Å²) in [6.45, 7) is 2.11. The molecular formula is C27H25N5O2. The molecule has 4 aromatic rings. The molecule has 3 aromatic carbocycles. The normalized spacial score (nSPS) is 12.9. The number of rotatable bonds is 7. The number of hydrogen-bond donors (Lipinski definition) is 2. The van der Waals surface area contributed by atoms with Crippen LogP contribution in [0.1, 0.15) is 23.2 Å². The highest BCUT2D eigenvalue weighted by atomic mass is 16.5. The standard InChI is InChI=1S/C27H25N5O2/c33-27(24-10-4-5-11-25(24)34-23-8-2-1-3-9-23)30-21-14-12-20(13-15-21)29-26-18-22(19-28-31-26)32-16-6-7-17-32/h1-5,8-15,18-19H,6-7,16-17H2,(H,29,31)(H,30,33). The van der Waals surface area contributed by atoms with Crippen LogP contribution in [0.3, 0.4) is 0 Å². The van der Waals surface area contributed by atoms with E-state index >= 15 is 0 Å². The van der Waals surface area contributed by atoms with Crippen LogP contribution in [0, 0.1) is 0 Å². The maximum Gasteiger partial charge on any atom is 0.259 e. The third-order valence-electron chi connectivity index (χ3n) is 5.63. The van der Waals surface area contributed by atoms with Gasteiger partial charge < -0.3 is 20.3 Å². The van der Waals surface area contributed by atoms with Gasteiger partial charge >= 0.3 is 0 Å². The van der Waals surface area contributed by atoms with Crippen molar-refractivity contribution in [3.8, 4) is 11.5 Å². The Kier molecular flexibility index (Phi) is 6.34. The van der Waals surface area contributed by atoms with E-state index in [0.29, 0.717) is 28.6 Å². The number of nitrogens with one attached hydrogen (secondary N) is 2. The summed E-state index contributed by atoms with van der Waals surface area (Å²) in [5.74, 6) is 1.63. The Labute approximate surface area is 198 Å². The number of ether oxygens (including phenoxy) is 1. The minimum absolute atomic E-state index is 0.239. The molecular weight excluding hydrogens is 426 g/mol. The lowest BCUT2D eigenvalue weighted by Crippen LogP contribution is -2.18. The molecule has 1 aliphatic heterocycles. The van der Waals surface area contributed by atoms with Crippen molar-refractivity contribution < 1.29 is 9.53 Å². The number of aromatic nitrogens is 2. The number of carbonyl (C=O) groups excluding carboxylic acids is 1. The first-order valence-corrected chi connectivity index (χ1v) is 11.3. The second-order valence-corrected chi connectivity index (χ2v) is 8.06. The second kappa shape index (κ2) is 10.0. The Morgan fingerprint density at radius 3 is 2.35 bits per heavy atom. The van der Waals surface area contributed by atoms with Crippen LogP contribution in [0.2, 0.25) is 0 Å². The number of amides is 1. The number of benzene rings is 3. The Balaban J connectivity index is 1.24. The highest BCUT2D eigenvalue weighted by molar-refractivity contribution is 6.06. The van der Waals surface area contributed by atoms with Gasteiger partial charge in [-0.1, -0.05) is 30.3 Å². The van der Waals surface area contributed by atoms with E-state index in [1.54, 1.807) is 18.3 Å². The highest BCUT2D eigenvalue weighted by Crippen LogP contribution is 2.27. The Morgan fingerprint density at radius 2 is 1.56 bits per heavy atom. The van der Waals surface area contributed by atoms with Crippen LogP contribution in [0.25, 0.3) is 0 Å². The van der Waals surface area contributed by atoms with Gasteiger partial charge in [0.15, 0.2) is 5.82 Å². The number of para-hydroxylation sites is 2. The summed E-state index contributed by atoms with van der Waals surface area (Å²) in [7, 11) is 0. The van der Waals surface area contributed by atoms with E-state index in [1.165, 1.54) is 12.8 Å². The maximum atomic E-state index is 12.9. The van der Waals surface area contributed by atoms with Crippen molar-refractivity contribution in [3.63, 3.8) is 0 Å². The van der Waals surface area contributed by atoms with E-state index < -0.39 is 0 Å². The van der Waals surface area contributed by atoms with Crippen LogP contribution in [0.4, 0.5) is 22.9 Å². The highest BCUT2D eigenvalue weighted by Gasteiger charge is 2.15. The molecule has 170 valence electrons. The van der Waals surface area contributed by atoms with Crippen molar-refractivity contribution >= 4 is 28.8 Å². The zero-order valence-electron chi connectivity index (χ0n) is 18.6. The van der Waals surface area contributed by atoms with Gasteiger partial charge in [-0.25, -0.2) is 0 Å². The molecule has 5 rings (SSSR count). The quantitative estimate of drug-likeness (QED) is 0.366. The minimum Gasteiger partial charge on any atom is -0.457 e. The van der Waals surface area contributed by atoms with Crippen molar-refractivity contribution in [2.75, 3.05) is 28.6 Å². The summed E-state index contributed by atoms with van der Waals surface area (Å²) < 4.78 is 5.91. The molecule has 7 heteroatoms. The summed E-state index contributed by atoms with van der Waals surface area (Å²) in [6, 6.07) is 26.1. The predicted octanol–water partition coefficient (Wildman–Crippen LogP) is 5.87. The molecule has 1 aromatic heterocycles. The summed E-state index contributed by atoms with van der Waals surface area (Å²) >= 11 is 0. The van der Waals surface area contributed by atoms with Gasteiger partial charge in [-0.3, -0.25) is 4.79 Å². The smallest absolute Gasteiger partial charge is 0.259 e. The van der Waals surface area contributed by atoms with E-state index in [0.717, 1.165) is 24.5 Å². The van der Waals surface area contributed by atoms with Gasteiger partial charge in [0.1, 0.15) is 11.5 Å². The van der Waals surface area contributed by atoms with Crippen LogP contribution in [-0.2, 0) is 0 Å². The first-order valence-electron chi connectivity index (χ1n) is 11.3. The van der Waals surface area contributed by atoms with Crippen LogP contribution in [-0.4, -0.2) is 29.2 Å². The van der Waals surface area contributed by atoms with Crippen LogP contribution < -0.4 is 20.3 Å². The average Bonchev–Trinajstić information content (AvgIpc) is 3.42. The SMILES string of the molecule is O=C(Nc1ccc(Nc2cc(N3CCCC3)cnn2)cc1)c1ccccc1Oc1ccccc1. The molecule has 34 heavy (non-hydrogen) atoms. The molecule has 0 radical (unpaired) electrons. The summed E-state index contributed by atoms with van der Waals surface area (Å²) in [5, 5.41) is 14.5. The van der Waals surface area contributed by atoms with E-state index in [2.05, 4.69) is 25.7 Å².